The van der Waals surface area contributed by atoms with E-state index in [1.165, 1.54) is 0 Å². The Morgan fingerprint density at radius 3 is 2.50 bits per heavy atom. The monoisotopic (exact) mass is 318 g/mol. The smallest absolute Gasteiger partial charge is 0.407 e. The molecule has 6 nitrogen and oxygen atoms in total. The number of aryl methyl sites for hydroxylation is 1. The lowest BCUT2D eigenvalue weighted by molar-refractivity contribution is -0.00377. The molecule has 0 atom stereocenters. The number of alkyl halides is 2. The van der Waals surface area contributed by atoms with Gasteiger partial charge in [0.2, 0.25) is 0 Å². The van der Waals surface area contributed by atoms with E-state index in [4.69, 9.17) is 4.74 Å². The highest BCUT2D eigenvalue weighted by Crippen LogP contribution is 2.12. The fourth-order valence-corrected chi connectivity index (χ4v) is 1.68. The van der Waals surface area contributed by atoms with Crippen molar-refractivity contribution in [2.24, 2.45) is 7.05 Å². The van der Waals surface area contributed by atoms with Crippen LogP contribution in [0.4, 0.5) is 13.6 Å². The summed E-state index contributed by atoms with van der Waals surface area (Å²) < 4.78 is 33.9. The molecule has 0 aliphatic heterocycles. The minimum Gasteiger partial charge on any atom is -0.444 e. The van der Waals surface area contributed by atoms with Gasteiger partial charge in [0.25, 0.3) is 5.92 Å². The average molecular weight is 318 g/mol. The normalized spacial score (nSPS) is 12.3. The molecule has 1 aromatic heterocycles. The van der Waals surface area contributed by atoms with E-state index in [1.54, 1.807) is 38.7 Å². The standard InChI is InChI=1S/C14H24F2N4O2/c1-10-11(7-19-20(10)5)6-17-8-14(15,16)9-18-12(21)22-13(2,3)4/h7,17H,6,8-9H2,1-5H3,(H,18,21). The fourth-order valence-electron chi connectivity index (χ4n) is 1.68. The van der Waals surface area contributed by atoms with Crippen LogP contribution in [0.15, 0.2) is 6.20 Å². The van der Waals surface area contributed by atoms with Crippen LogP contribution < -0.4 is 10.6 Å². The quantitative estimate of drug-likeness (QED) is 0.841. The number of nitrogens with one attached hydrogen (secondary N) is 2. The number of alkyl carbamates (subject to hydrolysis) is 1. The molecule has 0 unspecified atom stereocenters. The molecule has 8 heteroatoms. The molecule has 0 bridgehead atoms. The van der Waals surface area contributed by atoms with Crippen molar-refractivity contribution in [3.8, 4) is 0 Å². The zero-order valence-electron chi connectivity index (χ0n) is 13.7. The van der Waals surface area contributed by atoms with Gasteiger partial charge in [0.05, 0.1) is 19.3 Å². The minimum absolute atomic E-state index is 0.293. The summed E-state index contributed by atoms with van der Waals surface area (Å²) in [5, 5.41) is 8.79. The molecule has 2 N–H and O–H groups in total. The fraction of sp³-hybridized carbons (Fsp3) is 0.714. The number of aromatic nitrogens is 2. The molecule has 1 aromatic rings. The maximum atomic E-state index is 13.7. The molecular weight excluding hydrogens is 294 g/mol. The highest BCUT2D eigenvalue weighted by atomic mass is 19.3. The van der Waals surface area contributed by atoms with Crippen LogP contribution >= 0.6 is 0 Å². The molecule has 0 aromatic carbocycles. The predicted octanol–water partition coefficient (Wildman–Crippen LogP) is 1.98. The van der Waals surface area contributed by atoms with E-state index in [2.05, 4.69) is 15.7 Å². The van der Waals surface area contributed by atoms with Gasteiger partial charge < -0.3 is 15.4 Å². The average Bonchev–Trinajstić information content (AvgIpc) is 2.66. The topological polar surface area (TPSA) is 68.2 Å². The van der Waals surface area contributed by atoms with Gasteiger partial charge in [-0.15, -0.1) is 0 Å². The molecule has 0 saturated heterocycles. The van der Waals surface area contributed by atoms with Gasteiger partial charge in [0.1, 0.15) is 5.60 Å². The summed E-state index contributed by atoms with van der Waals surface area (Å²) >= 11 is 0. The third-order valence-electron chi connectivity index (χ3n) is 2.93. The number of hydrogen-bond donors (Lipinski definition) is 2. The Kier molecular flexibility index (Phi) is 5.87. The van der Waals surface area contributed by atoms with Gasteiger partial charge in [-0.2, -0.15) is 5.10 Å². The Labute approximate surface area is 129 Å². The molecule has 1 rings (SSSR count). The van der Waals surface area contributed by atoms with Crippen LogP contribution in [0.25, 0.3) is 0 Å². The summed E-state index contributed by atoms with van der Waals surface area (Å²) in [6.07, 6.45) is 0.787. The van der Waals surface area contributed by atoms with E-state index >= 15 is 0 Å². The summed E-state index contributed by atoms with van der Waals surface area (Å²) in [5.41, 5.74) is 1.07. The van der Waals surface area contributed by atoms with Crippen LogP contribution in [0.1, 0.15) is 32.0 Å². The molecule has 0 saturated carbocycles. The van der Waals surface area contributed by atoms with Crippen LogP contribution in [-0.2, 0) is 18.3 Å². The summed E-state index contributed by atoms with van der Waals surface area (Å²) in [4.78, 5) is 11.3. The van der Waals surface area contributed by atoms with Crippen LogP contribution in [0.5, 0.6) is 0 Å². The van der Waals surface area contributed by atoms with Crippen molar-refractivity contribution < 1.29 is 18.3 Å². The summed E-state index contributed by atoms with van der Waals surface area (Å²) in [5.74, 6) is -3.06. The van der Waals surface area contributed by atoms with Crippen LogP contribution in [0.2, 0.25) is 0 Å². The van der Waals surface area contributed by atoms with Crippen molar-refractivity contribution in [2.45, 2.75) is 45.8 Å². The van der Waals surface area contributed by atoms with Crippen LogP contribution in [0.3, 0.4) is 0 Å². The van der Waals surface area contributed by atoms with E-state index in [0.717, 1.165) is 11.3 Å². The summed E-state index contributed by atoms with van der Waals surface area (Å²) in [7, 11) is 1.79. The highest BCUT2D eigenvalue weighted by Gasteiger charge is 2.30. The molecule has 0 aliphatic rings. The lowest BCUT2D eigenvalue weighted by Gasteiger charge is -2.22. The Balaban J connectivity index is 2.34. The molecule has 1 heterocycles. The van der Waals surface area contributed by atoms with E-state index < -0.39 is 30.7 Å². The lowest BCUT2D eigenvalue weighted by atomic mass is 10.2. The van der Waals surface area contributed by atoms with E-state index in [-0.39, 0.29) is 0 Å². The SMILES string of the molecule is Cc1c(CNCC(F)(F)CNC(=O)OC(C)(C)C)cnn1C. The number of carbonyl (C=O) groups excluding carboxylic acids is 1. The molecule has 0 radical (unpaired) electrons. The van der Waals surface area contributed by atoms with Gasteiger partial charge in [-0.1, -0.05) is 0 Å². The first kappa shape index (κ1) is 18.3. The zero-order valence-corrected chi connectivity index (χ0v) is 13.7. The second-order valence-corrected chi connectivity index (χ2v) is 6.19. The second-order valence-electron chi connectivity index (χ2n) is 6.19. The molecule has 1 amide bonds. The van der Waals surface area contributed by atoms with Crippen molar-refractivity contribution in [1.82, 2.24) is 20.4 Å². The molecule has 0 fully saturated rings. The predicted molar refractivity (Wildman–Crippen MR) is 78.8 cm³/mol. The molecule has 0 aliphatic carbocycles. The van der Waals surface area contributed by atoms with Gasteiger partial charge >= 0.3 is 6.09 Å². The van der Waals surface area contributed by atoms with Crippen molar-refractivity contribution in [1.29, 1.82) is 0 Å². The lowest BCUT2D eigenvalue weighted by Crippen LogP contribution is -2.44. The Bertz CT molecular complexity index is 509. The molecule has 22 heavy (non-hydrogen) atoms. The van der Waals surface area contributed by atoms with E-state index in [0.29, 0.717) is 6.54 Å². The number of carbonyl (C=O) groups is 1. The van der Waals surface area contributed by atoms with Gasteiger partial charge in [-0.05, 0) is 27.7 Å². The zero-order chi connectivity index (χ0) is 17.0. The maximum absolute atomic E-state index is 13.7. The third kappa shape index (κ3) is 6.38. The Morgan fingerprint density at radius 2 is 2.00 bits per heavy atom. The maximum Gasteiger partial charge on any atom is 0.407 e. The van der Waals surface area contributed by atoms with Gasteiger partial charge in [0.15, 0.2) is 0 Å². The first-order valence-corrected chi connectivity index (χ1v) is 7.03. The first-order chi connectivity index (χ1) is 10.0. The molecule has 126 valence electrons. The summed E-state index contributed by atoms with van der Waals surface area (Å²) in [6, 6.07) is 0. The van der Waals surface area contributed by atoms with Crippen molar-refractivity contribution in [3.05, 3.63) is 17.5 Å². The number of rotatable bonds is 6. The molecule has 0 spiro atoms. The number of hydrogen-bond acceptors (Lipinski definition) is 4. The largest absolute Gasteiger partial charge is 0.444 e. The van der Waals surface area contributed by atoms with Crippen molar-refractivity contribution >= 4 is 6.09 Å². The summed E-state index contributed by atoms with van der Waals surface area (Å²) in [6.45, 7) is 5.85. The van der Waals surface area contributed by atoms with Gasteiger partial charge in [0, 0.05) is 24.8 Å². The number of ether oxygens (including phenoxy) is 1. The highest BCUT2D eigenvalue weighted by molar-refractivity contribution is 5.67. The number of amides is 1. The van der Waals surface area contributed by atoms with Crippen molar-refractivity contribution in [3.63, 3.8) is 0 Å². The van der Waals surface area contributed by atoms with Crippen molar-refractivity contribution in [2.75, 3.05) is 13.1 Å². The Hall–Kier alpha value is -1.70. The van der Waals surface area contributed by atoms with Crippen LogP contribution in [0, 0.1) is 6.92 Å². The van der Waals surface area contributed by atoms with E-state index in [9.17, 15) is 13.6 Å². The first-order valence-electron chi connectivity index (χ1n) is 7.03. The minimum atomic E-state index is -3.06. The molecular formula is C14H24F2N4O2. The van der Waals surface area contributed by atoms with Gasteiger partial charge in [-0.3, -0.25) is 4.68 Å². The number of nitrogens with zero attached hydrogens (tertiary/aromatic N) is 2. The second kappa shape index (κ2) is 7.04. The number of halogens is 2. The van der Waals surface area contributed by atoms with Crippen LogP contribution in [-0.4, -0.2) is 40.5 Å². The van der Waals surface area contributed by atoms with Gasteiger partial charge in [-0.25, -0.2) is 13.6 Å². The Morgan fingerprint density at radius 1 is 1.36 bits per heavy atom. The van der Waals surface area contributed by atoms with E-state index in [1.807, 2.05) is 6.92 Å². The third-order valence-corrected chi connectivity index (χ3v) is 2.93.